The molecule has 0 aliphatic carbocycles. The highest BCUT2D eigenvalue weighted by atomic mass is 32.1. The summed E-state index contributed by atoms with van der Waals surface area (Å²) in [6, 6.07) is 2.75. The van der Waals surface area contributed by atoms with E-state index in [1.165, 1.54) is 0 Å². The van der Waals surface area contributed by atoms with Gasteiger partial charge in [-0.05, 0) is 24.3 Å². The van der Waals surface area contributed by atoms with Gasteiger partial charge in [0.1, 0.15) is 12.1 Å². The SMILES string of the molecule is CC(=O)N1CCC(C(=O)N2CCN3C(=O)C(Cc4cccs4)NC(=O)C3C2)CC1. The summed E-state index contributed by atoms with van der Waals surface area (Å²) in [5.74, 6) is -0.293. The highest BCUT2D eigenvalue weighted by Gasteiger charge is 2.45. The number of rotatable bonds is 3. The van der Waals surface area contributed by atoms with Crippen LogP contribution in [0.1, 0.15) is 24.6 Å². The van der Waals surface area contributed by atoms with Gasteiger partial charge < -0.3 is 20.0 Å². The molecule has 3 fully saturated rings. The third kappa shape index (κ3) is 4.01. The highest BCUT2D eigenvalue weighted by molar-refractivity contribution is 7.09. The number of fused-ring (bicyclic) bond motifs is 1. The monoisotopic (exact) mass is 418 g/mol. The lowest BCUT2D eigenvalue weighted by Gasteiger charge is -2.46. The van der Waals surface area contributed by atoms with E-state index in [9.17, 15) is 19.2 Å². The van der Waals surface area contributed by atoms with E-state index in [0.29, 0.717) is 45.4 Å². The summed E-state index contributed by atoms with van der Waals surface area (Å²) in [5, 5.41) is 4.81. The summed E-state index contributed by atoms with van der Waals surface area (Å²) < 4.78 is 0. The fourth-order valence-electron chi connectivity index (χ4n) is 4.47. The molecule has 29 heavy (non-hydrogen) atoms. The van der Waals surface area contributed by atoms with Gasteiger partial charge in [-0.1, -0.05) is 6.07 Å². The Morgan fingerprint density at radius 3 is 2.55 bits per heavy atom. The molecule has 1 aromatic heterocycles. The van der Waals surface area contributed by atoms with Gasteiger partial charge in [0.2, 0.25) is 23.6 Å². The minimum absolute atomic E-state index is 0.0359. The molecule has 9 heteroatoms. The maximum Gasteiger partial charge on any atom is 0.246 e. The molecule has 8 nitrogen and oxygen atoms in total. The average Bonchev–Trinajstić information content (AvgIpc) is 3.24. The summed E-state index contributed by atoms with van der Waals surface area (Å²) in [5.41, 5.74) is 0. The van der Waals surface area contributed by atoms with Crippen LogP contribution in [0.25, 0.3) is 0 Å². The number of carbonyl (C=O) groups excluding carboxylic acids is 4. The molecule has 3 aliphatic heterocycles. The largest absolute Gasteiger partial charge is 0.343 e. The average molecular weight is 419 g/mol. The molecule has 4 rings (SSSR count). The zero-order valence-electron chi connectivity index (χ0n) is 16.5. The molecule has 3 saturated heterocycles. The van der Waals surface area contributed by atoms with Gasteiger partial charge in [0.05, 0.1) is 6.54 Å². The zero-order chi connectivity index (χ0) is 20.5. The molecule has 4 heterocycles. The normalized spacial score (nSPS) is 25.6. The van der Waals surface area contributed by atoms with Crippen LogP contribution >= 0.6 is 11.3 Å². The zero-order valence-corrected chi connectivity index (χ0v) is 17.3. The second-order valence-corrected chi connectivity index (χ2v) is 8.99. The van der Waals surface area contributed by atoms with Crippen LogP contribution < -0.4 is 5.32 Å². The molecule has 0 spiro atoms. The lowest BCUT2D eigenvalue weighted by molar-refractivity contribution is -0.157. The van der Waals surface area contributed by atoms with Gasteiger partial charge in [-0.25, -0.2) is 0 Å². The Balaban J connectivity index is 1.36. The van der Waals surface area contributed by atoms with Crippen LogP contribution in [0.2, 0.25) is 0 Å². The second-order valence-electron chi connectivity index (χ2n) is 7.96. The minimum atomic E-state index is -0.614. The summed E-state index contributed by atoms with van der Waals surface area (Å²) in [7, 11) is 0. The predicted molar refractivity (Wildman–Crippen MR) is 107 cm³/mol. The van der Waals surface area contributed by atoms with E-state index < -0.39 is 12.1 Å². The van der Waals surface area contributed by atoms with Crippen LogP contribution in [0, 0.1) is 5.92 Å². The van der Waals surface area contributed by atoms with Crippen LogP contribution in [0.4, 0.5) is 0 Å². The number of likely N-dealkylation sites (tertiary alicyclic amines) is 1. The molecular weight excluding hydrogens is 392 g/mol. The number of piperidine rings is 1. The molecule has 2 unspecified atom stereocenters. The van der Waals surface area contributed by atoms with Gasteiger partial charge in [0.25, 0.3) is 0 Å². The molecule has 4 amide bonds. The Morgan fingerprint density at radius 2 is 1.90 bits per heavy atom. The Labute approximate surface area is 173 Å². The number of hydrogen-bond acceptors (Lipinski definition) is 5. The third-order valence-corrected chi connectivity index (χ3v) is 7.07. The first-order chi connectivity index (χ1) is 13.9. The van der Waals surface area contributed by atoms with Gasteiger partial charge in [0.15, 0.2) is 0 Å². The molecule has 156 valence electrons. The van der Waals surface area contributed by atoms with Crippen molar-refractivity contribution in [1.82, 2.24) is 20.0 Å². The molecular formula is C20H26N4O4S. The van der Waals surface area contributed by atoms with Crippen molar-refractivity contribution in [3.63, 3.8) is 0 Å². The van der Waals surface area contributed by atoms with Crippen molar-refractivity contribution < 1.29 is 19.2 Å². The van der Waals surface area contributed by atoms with Crippen molar-refractivity contribution in [3.05, 3.63) is 22.4 Å². The van der Waals surface area contributed by atoms with Crippen LogP contribution in [0.15, 0.2) is 17.5 Å². The van der Waals surface area contributed by atoms with Crippen LogP contribution in [-0.2, 0) is 25.6 Å². The lowest BCUT2D eigenvalue weighted by atomic mass is 9.94. The summed E-state index contributed by atoms with van der Waals surface area (Å²) in [6.45, 7) is 3.82. The molecule has 3 aliphatic rings. The van der Waals surface area contributed by atoms with E-state index in [-0.39, 0.29) is 36.1 Å². The number of hydrogen-bond donors (Lipinski definition) is 1. The maximum atomic E-state index is 13.0. The van der Waals surface area contributed by atoms with Gasteiger partial charge in [-0.15, -0.1) is 11.3 Å². The number of nitrogens with one attached hydrogen (secondary N) is 1. The van der Waals surface area contributed by atoms with Crippen molar-refractivity contribution >= 4 is 35.0 Å². The first-order valence-corrected chi connectivity index (χ1v) is 11.0. The predicted octanol–water partition coefficient (Wildman–Crippen LogP) is 0.0869. The van der Waals surface area contributed by atoms with Crippen molar-refractivity contribution in [2.45, 2.75) is 38.3 Å². The molecule has 0 saturated carbocycles. The summed E-state index contributed by atoms with van der Waals surface area (Å²) >= 11 is 1.57. The van der Waals surface area contributed by atoms with E-state index in [4.69, 9.17) is 0 Å². The van der Waals surface area contributed by atoms with E-state index in [1.807, 2.05) is 17.5 Å². The minimum Gasteiger partial charge on any atom is -0.343 e. The Bertz CT molecular complexity index is 803. The maximum absolute atomic E-state index is 13.0. The van der Waals surface area contributed by atoms with Crippen LogP contribution in [0.5, 0.6) is 0 Å². The van der Waals surface area contributed by atoms with Crippen LogP contribution in [0.3, 0.4) is 0 Å². The first kappa shape index (κ1) is 19.9. The first-order valence-electron chi connectivity index (χ1n) is 10.1. The lowest BCUT2D eigenvalue weighted by Crippen LogP contribution is -2.70. The molecule has 0 bridgehead atoms. The molecule has 0 radical (unpaired) electrons. The number of amides is 4. The highest BCUT2D eigenvalue weighted by Crippen LogP contribution is 2.24. The van der Waals surface area contributed by atoms with Gasteiger partial charge in [0, 0.05) is 50.3 Å². The van der Waals surface area contributed by atoms with E-state index in [1.54, 1.807) is 33.0 Å². The Kier molecular flexibility index (Phi) is 5.58. The van der Waals surface area contributed by atoms with Crippen molar-refractivity contribution in [3.8, 4) is 0 Å². The molecule has 1 aromatic rings. The van der Waals surface area contributed by atoms with Gasteiger partial charge >= 0.3 is 0 Å². The Morgan fingerprint density at radius 1 is 1.14 bits per heavy atom. The molecule has 0 aromatic carbocycles. The van der Waals surface area contributed by atoms with Crippen LogP contribution in [-0.4, -0.2) is 83.1 Å². The van der Waals surface area contributed by atoms with Crippen molar-refractivity contribution in [2.75, 3.05) is 32.7 Å². The summed E-state index contributed by atoms with van der Waals surface area (Å²) in [6.07, 6.45) is 1.80. The quantitative estimate of drug-likeness (QED) is 0.753. The van der Waals surface area contributed by atoms with E-state index >= 15 is 0 Å². The summed E-state index contributed by atoms with van der Waals surface area (Å²) in [4.78, 5) is 56.2. The molecule has 2 atom stereocenters. The second kappa shape index (κ2) is 8.14. The van der Waals surface area contributed by atoms with E-state index in [2.05, 4.69) is 5.32 Å². The third-order valence-electron chi connectivity index (χ3n) is 6.17. The number of thiophene rings is 1. The molecule has 1 N–H and O–H groups in total. The standard InChI is InChI=1S/C20H26N4O4S/c1-13(25)22-6-4-14(5-7-22)19(27)23-8-9-24-17(12-23)18(26)21-16(20(24)28)11-15-3-2-10-29-15/h2-3,10,14,16-17H,4-9,11-12H2,1H3,(H,21,26). The smallest absolute Gasteiger partial charge is 0.246 e. The number of piperazine rings is 2. The van der Waals surface area contributed by atoms with Crippen molar-refractivity contribution in [2.24, 2.45) is 5.92 Å². The van der Waals surface area contributed by atoms with Gasteiger partial charge in [-0.2, -0.15) is 0 Å². The fraction of sp³-hybridized carbons (Fsp3) is 0.600. The fourth-order valence-corrected chi connectivity index (χ4v) is 5.22. The number of carbonyl (C=O) groups is 4. The number of nitrogens with zero attached hydrogens (tertiary/aromatic N) is 3. The topological polar surface area (TPSA) is 90.0 Å². The Hall–Kier alpha value is -2.42. The van der Waals surface area contributed by atoms with Crippen molar-refractivity contribution in [1.29, 1.82) is 0 Å². The van der Waals surface area contributed by atoms with E-state index in [0.717, 1.165) is 4.88 Å². The van der Waals surface area contributed by atoms with Gasteiger partial charge in [-0.3, -0.25) is 19.2 Å².